The lowest BCUT2D eigenvalue weighted by Crippen LogP contribution is -2.65. The second-order valence-electron chi connectivity index (χ2n) is 10.3. The maximum absolute atomic E-state index is 12.8. The molecule has 0 radical (unpaired) electrons. The van der Waals surface area contributed by atoms with Gasteiger partial charge in [-0.25, -0.2) is 0 Å². The molecule has 182 valence electrons. The van der Waals surface area contributed by atoms with Gasteiger partial charge in [-0.3, -0.25) is 15.0 Å². The molecule has 1 aromatic rings. The zero-order valence-corrected chi connectivity index (χ0v) is 20.5. The number of likely N-dealkylation sites (tertiary alicyclic amines) is 1. The fraction of sp³-hybridized carbons (Fsp3) is 0.731. The number of amides is 1. The maximum Gasteiger partial charge on any atom is 0.225 e. The third kappa shape index (κ3) is 6.51. The molecule has 3 heterocycles. The summed E-state index contributed by atoms with van der Waals surface area (Å²) in [5.41, 5.74) is 1.41. The lowest BCUT2D eigenvalue weighted by Gasteiger charge is -2.44. The van der Waals surface area contributed by atoms with Crippen LogP contribution in [0.4, 0.5) is 0 Å². The molecule has 4 fully saturated rings. The van der Waals surface area contributed by atoms with Crippen molar-refractivity contribution in [3.8, 4) is 0 Å². The number of fused-ring (bicyclic) bond motifs is 1. The Morgan fingerprint density at radius 1 is 1.00 bits per heavy atom. The van der Waals surface area contributed by atoms with Gasteiger partial charge in [-0.2, -0.15) is 11.8 Å². The minimum Gasteiger partial charge on any atom is -0.381 e. The van der Waals surface area contributed by atoms with Crippen molar-refractivity contribution in [3.63, 3.8) is 0 Å². The van der Waals surface area contributed by atoms with Crippen molar-refractivity contribution in [2.75, 3.05) is 32.1 Å². The van der Waals surface area contributed by atoms with Gasteiger partial charge in [-0.15, -0.1) is 0 Å². The first-order valence-corrected chi connectivity index (χ1v) is 14.1. The number of thioether (sulfide) groups is 1. The van der Waals surface area contributed by atoms with Crippen LogP contribution in [0.1, 0.15) is 50.5 Å². The van der Waals surface area contributed by atoms with Crippen molar-refractivity contribution in [1.29, 1.82) is 0 Å². The highest BCUT2D eigenvalue weighted by molar-refractivity contribution is 7.99. The Kier molecular flexibility index (Phi) is 8.26. The Hall–Kier alpha value is -1.12. The van der Waals surface area contributed by atoms with E-state index >= 15 is 0 Å². The van der Waals surface area contributed by atoms with E-state index in [1.165, 1.54) is 18.4 Å². The highest BCUT2D eigenvalue weighted by Crippen LogP contribution is 2.30. The van der Waals surface area contributed by atoms with Crippen molar-refractivity contribution in [1.82, 2.24) is 20.9 Å². The number of ether oxygens (including phenoxy) is 1. The summed E-state index contributed by atoms with van der Waals surface area (Å²) in [5, 5.41) is 11.7. The molecular weight excluding hydrogens is 432 g/mol. The van der Waals surface area contributed by atoms with Crippen molar-refractivity contribution in [2.24, 2.45) is 5.92 Å². The molecule has 6 nitrogen and oxygen atoms in total. The zero-order valence-electron chi connectivity index (χ0n) is 19.7. The normalized spacial score (nSPS) is 32.3. The SMILES string of the molecule is O=C1NC(CSC2CCOCC2)NC2CC(NC3CCN(Cc4ccccc4)CC3)CCC12. The summed E-state index contributed by atoms with van der Waals surface area (Å²) >= 11 is 2.00. The highest BCUT2D eigenvalue weighted by Gasteiger charge is 2.40. The van der Waals surface area contributed by atoms with E-state index in [0.29, 0.717) is 23.4 Å². The van der Waals surface area contributed by atoms with Crippen molar-refractivity contribution in [3.05, 3.63) is 35.9 Å². The van der Waals surface area contributed by atoms with Crippen molar-refractivity contribution >= 4 is 17.7 Å². The predicted molar refractivity (Wildman–Crippen MR) is 134 cm³/mol. The summed E-state index contributed by atoms with van der Waals surface area (Å²) in [5.74, 6) is 1.36. The molecule has 4 aliphatic rings. The van der Waals surface area contributed by atoms with Crippen LogP contribution in [0.25, 0.3) is 0 Å². The van der Waals surface area contributed by atoms with Crippen LogP contribution < -0.4 is 16.0 Å². The van der Waals surface area contributed by atoms with Gasteiger partial charge >= 0.3 is 0 Å². The van der Waals surface area contributed by atoms with E-state index in [4.69, 9.17) is 4.74 Å². The van der Waals surface area contributed by atoms with Gasteiger partial charge in [0, 0.05) is 48.9 Å². The van der Waals surface area contributed by atoms with Crippen LogP contribution in [0.3, 0.4) is 0 Å². The van der Waals surface area contributed by atoms with Crippen LogP contribution >= 0.6 is 11.8 Å². The van der Waals surface area contributed by atoms with Crippen LogP contribution in [0.5, 0.6) is 0 Å². The Morgan fingerprint density at radius 3 is 2.58 bits per heavy atom. The molecular formula is C26H40N4O2S. The molecule has 4 unspecified atom stereocenters. The molecule has 3 saturated heterocycles. The summed E-state index contributed by atoms with van der Waals surface area (Å²) in [6.45, 7) is 5.15. The van der Waals surface area contributed by atoms with Gasteiger partial charge in [0.2, 0.25) is 5.91 Å². The molecule has 1 aliphatic carbocycles. The maximum atomic E-state index is 12.8. The molecule has 1 aromatic carbocycles. The molecule has 5 rings (SSSR count). The lowest BCUT2D eigenvalue weighted by atomic mass is 9.79. The van der Waals surface area contributed by atoms with E-state index in [1.54, 1.807) is 0 Å². The fourth-order valence-electron chi connectivity index (χ4n) is 6.00. The number of nitrogens with zero attached hydrogens (tertiary/aromatic N) is 1. The Balaban J connectivity index is 1.05. The van der Waals surface area contributed by atoms with E-state index in [-0.39, 0.29) is 18.0 Å². The molecule has 0 bridgehead atoms. The Morgan fingerprint density at radius 2 is 1.79 bits per heavy atom. The smallest absolute Gasteiger partial charge is 0.225 e. The predicted octanol–water partition coefficient (Wildman–Crippen LogP) is 2.74. The first kappa shape index (κ1) is 23.6. The summed E-state index contributed by atoms with van der Waals surface area (Å²) < 4.78 is 5.48. The Labute approximate surface area is 203 Å². The third-order valence-electron chi connectivity index (χ3n) is 7.89. The van der Waals surface area contributed by atoms with Gasteiger partial charge in [-0.1, -0.05) is 30.3 Å². The van der Waals surface area contributed by atoms with Gasteiger partial charge in [0.1, 0.15) is 0 Å². The van der Waals surface area contributed by atoms with Crippen molar-refractivity contribution < 1.29 is 9.53 Å². The number of carbonyl (C=O) groups excluding carboxylic acids is 1. The van der Waals surface area contributed by atoms with Crippen molar-refractivity contribution in [2.45, 2.75) is 81.0 Å². The van der Waals surface area contributed by atoms with Gasteiger partial charge in [0.25, 0.3) is 0 Å². The molecule has 33 heavy (non-hydrogen) atoms. The average molecular weight is 473 g/mol. The minimum absolute atomic E-state index is 0.103. The summed E-state index contributed by atoms with van der Waals surface area (Å²) in [4.78, 5) is 15.3. The second-order valence-corrected chi connectivity index (χ2v) is 11.6. The third-order valence-corrected chi connectivity index (χ3v) is 9.36. The Bertz CT molecular complexity index is 752. The van der Waals surface area contributed by atoms with E-state index in [0.717, 1.165) is 70.7 Å². The van der Waals surface area contributed by atoms with E-state index in [1.807, 2.05) is 11.8 Å². The summed E-state index contributed by atoms with van der Waals surface area (Å²) in [6.07, 6.45) is 7.98. The van der Waals surface area contributed by atoms with E-state index in [9.17, 15) is 4.79 Å². The number of carbonyl (C=O) groups is 1. The van der Waals surface area contributed by atoms with Crippen LogP contribution in [0, 0.1) is 5.92 Å². The average Bonchev–Trinajstić information content (AvgIpc) is 2.85. The number of hydrogen-bond donors (Lipinski definition) is 3. The topological polar surface area (TPSA) is 65.6 Å². The number of rotatable bonds is 7. The first-order valence-electron chi connectivity index (χ1n) is 13.0. The molecule has 7 heteroatoms. The first-order chi connectivity index (χ1) is 16.2. The largest absolute Gasteiger partial charge is 0.381 e. The molecule has 0 spiro atoms. The van der Waals surface area contributed by atoms with Crippen LogP contribution in [0.15, 0.2) is 30.3 Å². The van der Waals surface area contributed by atoms with E-state index in [2.05, 4.69) is 51.2 Å². The van der Waals surface area contributed by atoms with E-state index < -0.39 is 0 Å². The standard InChI is InChI=1S/C26H40N4O2S/c31-26-23-7-6-21(16-24(23)28-25(29-26)18-33-22-10-14-32-15-11-22)27-20-8-12-30(13-9-20)17-19-4-2-1-3-5-19/h1-5,20-25,27-28H,6-18H2,(H,29,31). The minimum atomic E-state index is 0.103. The van der Waals surface area contributed by atoms with Crippen LogP contribution in [-0.4, -0.2) is 72.4 Å². The number of hydrogen-bond acceptors (Lipinski definition) is 6. The fourth-order valence-corrected chi connectivity index (χ4v) is 7.17. The molecule has 3 aliphatic heterocycles. The van der Waals surface area contributed by atoms with Gasteiger partial charge in [0.05, 0.1) is 12.1 Å². The summed E-state index contributed by atoms with van der Waals surface area (Å²) in [6, 6.07) is 12.3. The molecule has 1 amide bonds. The quantitative estimate of drug-likeness (QED) is 0.567. The highest BCUT2D eigenvalue weighted by atomic mass is 32.2. The zero-order chi connectivity index (χ0) is 22.5. The number of benzene rings is 1. The van der Waals surface area contributed by atoms with Gasteiger partial charge in [0.15, 0.2) is 0 Å². The summed E-state index contributed by atoms with van der Waals surface area (Å²) in [7, 11) is 0. The van der Waals surface area contributed by atoms with Crippen LogP contribution in [-0.2, 0) is 16.1 Å². The molecule has 0 aromatic heterocycles. The number of nitrogens with one attached hydrogen (secondary N) is 3. The van der Waals surface area contributed by atoms with Crippen LogP contribution in [0.2, 0.25) is 0 Å². The van der Waals surface area contributed by atoms with Gasteiger partial charge < -0.3 is 15.4 Å². The number of piperidine rings is 1. The monoisotopic (exact) mass is 472 g/mol. The molecule has 1 saturated carbocycles. The van der Waals surface area contributed by atoms with Gasteiger partial charge in [-0.05, 0) is 63.6 Å². The lowest BCUT2D eigenvalue weighted by molar-refractivity contribution is -0.130. The second kappa shape index (κ2) is 11.5. The molecule has 3 N–H and O–H groups in total. The molecule has 4 atom stereocenters.